The van der Waals surface area contributed by atoms with Gasteiger partial charge in [-0.3, -0.25) is 4.68 Å². The van der Waals surface area contributed by atoms with E-state index in [0.29, 0.717) is 0 Å². The van der Waals surface area contributed by atoms with E-state index in [1.165, 1.54) is 24.1 Å². The minimum Gasteiger partial charge on any atom is -0.320 e. The first-order valence-electron chi connectivity index (χ1n) is 5.32. The fourth-order valence-corrected chi connectivity index (χ4v) is 1.57. The number of rotatable bonds is 5. The molecule has 80 valence electrons. The number of nitrogens with zero attached hydrogens (tertiary/aromatic N) is 2. The molecule has 1 aromatic rings. The van der Waals surface area contributed by atoms with Gasteiger partial charge in [0.25, 0.3) is 0 Å². The number of aromatic nitrogens is 2. The summed E-state index contributed by atoms with van der Waals surface area (Å²) in [5.41, 5.74) is 3.81. The summed E-state index contributed by atoms with van der Waals surface area (Å²) in [6.45, 7) is 8.50. The molecule has 1 N–H and O–H groups in total. The summed E-state index contributed by atoms with van der Waals surface area (Å²) in [5, 5.41) is 7.66. The first-order chi connectivity index (χ1) is 6.66. The molecule has 1 aromatic heterocycles. The third-order valence-corrected chi connectivity index (χ3v) is 2.79. The zero-order valence-corrected chi connectivity index (χ0v) is 9.72. The number of hydrogen-bond donors (Lipinski definition) is 1. The molecular formula is C11H21N3. The van der Waals surface area contributed by atoms with Crippen LogP contribution in [-0.4, -0.2) is 23.4 Å². The fourth-order valence-electron chi connectivity index (χ4n) is 1.57. The zero-order valence-electron chi connectivity index (χ0n) is 9.72. The van der Waals surface area contributed by atoms with E-state index in [0.717, 1.165) is 18.8 Å². The molecule has 14 heavy (non-hydrogen) atoms. The standard InChI is InChI=1S/C11H21N3/c1-9-10(2)13-14(11(9)3)8-6-5-7-12-4/h12H,5-8H2,1-4H3. The molecule has 0 aromatic carbocycles. The molecule has 0 spiro atoms. The summed E-state index contributed by atoms with van der Waals surface area (Å²) in [7, 11) is 1.99. The van der Waals surface area contributed by atoms with Crippen molar-refractivity contribution in [2.45, 2.75) is 40.2 Å². The van der Waals surface area contributed by atoms with Crippen LogP contribution in [0.1, 0.15) is 29.8 Å². The average molecular weight is 195 g/mol. The van der Waals surface area contributed by atoms with E-state index in [1.54, 1.807) is 0 Å². The molecule has 0 fully saturated rings. The molecule has 3 heteroatoms. The van der Waals surface area contributed by atoms with Gasteiger partial charge in [0, 0.05) is 12.2 Å². The second-order valence-corrected chi connectivity index (χ2v) is 3.83. The lowest BCUT2D eigenvalue weighted by atomic mass is 10.2. The van der Waals surface area contributed by atoms with Gasteiger partial charge >= 0.3 is 0 Å². The first-order valence-corrected chi connectivity index (χ1v) is 5.32. The van der Waals surface area contributed by atoms with Crippen LogP contribution >= 0.6 is 0 Å². The van der Waals surface area contributed by atoms with E-state index < -0.39 is 0 Å². The molecule has 0 aliphatic carbocycles. The Hall–Kier alpha value is -0.830. The molecule has 0 bridgehead atoms. The van der Waals surface area contributed by atoms with E-state index in [-0.39, 0.29) is 0 Å². The Morgan fingerprint density at radius 2 is 1.93 bits per heavy atom. The summed E-state index contributed by atoms with van der Waals surface area (Å²) in [5.74, 6) is 0. The van der Waals surface area contributed by atoms with Crippen LogP contribution in [0.4, 0.5) is 0 Å². The van der Waals surface area contributed by atoms with Crippen LogP contribution in [0.5, 0.6) is 0 Å². The van der Waals surface area contributed by atoms with E-state index >= 15 is 0 Å². The van der Waals surface area contributed by atoms with Gasteiger partial charge in [-0.15, -0.1) is 0 Å². The van der Waals surface area contributed by atoms with Crippen LogP contribution in [0.3, 0.4) is 0 Å². The quantitative estimate of drug-likeness (QED) is 0.726. The molecule has 0 saturated carbocycles. The molecule has 0 aliphatic rings. The van der Waals surface area contributed by atoms with Crippen molar-refractivity contribution in [2.75, 3.05) is 13.6 Å². The average Bonchev–Trinajstić information content (AvgIpc) is 2.41. The van der Waals surface area contributed by atoms with Crippen molar-refractivity contribution in [3.05, 3.63) is 17.0 Å². The largest absolute Gasteiger partial charge is 0.320 e. The number of hydrogen-bond acceptors (Lipinski definition) is 2. The van der Waals surface area contributed by atoms with Gasteiger partial charge in [0.2, 0.25) is 0 Å². The van der Waals surface area contributed by atoms with Crippen LogP contribution in [0, 0.1) is 20.8 Å². The van der Waals surface area contributed by atoms with Crippen LogP contribution in [0.2, 0.25) is 0 Å². The Morgan fingerprint density at radius 1 is 1.21 bits per heavy atom. The summed E-state index contributed by atoms with van der Waals surface area (Å²) in [6, 6.07) is 0. The third-order valence-electron chi connectivity index (χ3n) is 2.79. The smallest absolute Gasteiger partial charge is 0.0625 e. The lowest BCUT2D eigenvalue weighted by Gasteiger charge is -2.04. The topological polar surface area (TPSA) is 29.9 Å². The maximum absolute atomic E-state index is 4.50. The predicted molar refractivity (Wildman–Crippen MR) is 59.6 cm³/mol. The monoisotopic (exact) mass is 195 g/mol. The SMILES string of the molecule is CNCCCCn1nc(C)c(C)c1C. The summed E-state index contributed by atoms with van der Waals surface area (Å²) in [6.07, 6.45) is 2.41. The number of nitrogens with one attached hydrogen (secondary N) is 1. The Labute approximate surface area is 86.5 Å². The molecule has 3 nitrogen and oxygen atoms in total. The summed E-state index contributed by atoms with van der Waals surface area (Å²) in [4.78, 5) is 0. The third kappa shape index (κ3) is 2.58. The Balaban J connectivity index is 2.47. The number of aryl methyl sites for hydroxylation is 2. The highest BCUT2D eigenvalue weighted by Gasteiger charge is 2.05. The van der Waals surface area contributed by atoms with Crippen LogP contribution in [-0.2, 0) is 6.54 Å². The van der Waals surface area contributed by atoms with Crippen molar-refractivity contribution in [1.29, 1.82) is 0 Å². The highest BCUT2D eigenvalue weighted by molar-refractivity contribution is 5.21. The molecule has 0 unspecified atom stereocenters. The first kappa shape index (κ1) is 11.2. The van der Waals surface area contributed by atoms with Crippen molar-refractivity contribution in [3.63, 3.8) is 0 Å². The lowest BCUT2D eigenvalue weighted by molar-refractivity contribution is 0.535. The van der Waals surface area contributed by atoms with Crippen molar-refractivity contribution in [3.8, 4) is 0 Å². The van der Waals surface area contributed by atoms with Gasteiger partial charge in [-0.05, 0) is 52.8 Å². The van der Waals surface area contributed by atoms with Gasteiger partial charge in [-0.25, -0.2) is 0 Å². The van der Waals surface area contributed by atoms with Gasteiger partial charge in [-0.1, -0.05) is 0 Å². The molecule has 0 radical (unpaired) electrons. The molecule has 0 amide bonds. The van der Waals surface area contributed by atoms with Crippen molar-refractivity contribution < 1.29 is 0 Å². The van der Waals surface area contributed by atoms with E-state index in [4.69, 9.17) is 0 Å². The number of unbranched alkanes of at least 4 members (excludes halogenated alkanes) is 1. The van der Waals surface area contributed by atoms with Gasteiger partial charge in [0.05, 0.1) is 5.69 Å². The molecule has 0 saturated heterocycles. The van der Waals surface area contributed by atoms with E-state index in [9.17, 15) is 0 Å². The second-order valence-electron chi connectivity index (χ2n) is 3.83. The van der Waals surface area contributed by atoms with Crippen molar-refractivity contribution >= 4 is 0 Å². The van der Waals surface area contributed by atoms with Crippen LogP contribution < -0.4 is 5.32 Å². The minimum atomic E-state index is 1.04. The van der Waals surface area contributed by atoms with Gasteiger partial charge in [-0.2, -0.15) is 5.10 Å². The normalized spacial score (nSPS) is 10.9. The highest BCUT2D eigenvalue weighted by Crippen LogP contribution is 2.11. The minimum absolute atomic E-state index is 1.04. The van der Waals surface area contributed by atoms with E-state index in [2.05, 4.69) is 35.9 Å². The van der Waals surface area contributed by atoms with Crippen LogP contribution in [0.15, 0.2) is 0 Å². The predicted octanol–water partition coefficient (Wildman–Crippen LogP) is 1.81. The molecule has 0 aliphatic heterocycles. The van der Waals surface area contributed by atoms with E-state index in [1.807, 2.05) is 7.05 Å². The zero-order chi connectivity index (χ0) is 10.6. The van der Waals surface area contributed by atoms with Crippen LogP contribution in [0.25, 0.3) is 0 Å². The van der Waals surface area contributed by atoms with Gasteiger partial charge in [0.15, 0.2) is 0 Å². The van der Waals surface area contributed by atoms with Crippen molar-refractivity contribution in [2.24, 2.45) is 0 Å². The second kappa shape index (κ2) is 5.15. The summed E-state index contributed by atoms with van der Waals surface area (Å²) >= 11 is 0. The fraction of sp³-hybridized carbons (Fsp3) is 0.727. The molecule has 0 atom stereocenters. The molecular weight excluding hydrogens is 174 g/mol. The van der Waals surface area contributed by atoms with Gasteiger partial charge in [0.1, 0.15) is 0 Å². The van der Waals surface area contributed by atoms with Crippen molar-refractivity contribution in [1.82, 2.24) is 15.1 Å². The highest BCUT2D eigenvalue weighted by atomic mass is 15.3. The maximum Gasteiger partial charge on any atom is 0.0625 e. The Bertz CT molecular complexity index is 289. The Kier molecular flexibility index (Phi) is 4.14. The molecule has 1 heterocycles. The molecule has 1 rings (SSSR count). The van der Waals surface area contributed by atoms with Gasteiger partial charge < -0.3 is 5.32 Å². The summed E-state index contributed by atoms with van der Waals surface area (Å²) < 4.78 is 2.13. The maximum atomic E-state index is 4.50. The lowest BCUT2D eigenvalue weighted by Crippen LogP contribution is -2.10. The Morgan fingerprint density at radius 3 is 2.43 bits per heavy atom.